The van der Waals surface area contributed by atoms with E-state index < -0.39 is 0 Å². The highest BCUT2D eigenvalue weighted by Gasteiger charge is 2.27. The third kappa shape index (κ3) is 2.04. The van der Waals surface area contributed by atoms with Gasteiger partial charge in [-0.2, -0.15) is 0 Å². The molecule has 0 aromatic heterocycles. The lowest BCUT2D eigenvalue weighted by Crippen LogP contribution is -2.11. The summed E-state index contributed by atoms with van der Waals surface area (Å²) in [6.07, 6.45) is 2.69. The van der Waals surface area contributed by atoms with Crippen LogP contribution in [0.5, 0.6) is 0 Å². The molecule has 0 heterocycles. The van der Waals surface area contributed by atoms with Crippen molar-refractivity contribution in [1.29, 1.82) is 0 Å². The van der Waals surface area contributed by atoms with Crippen LogP contribution in [0.2, 0.25) is 0 Å². The minimum absolute atomic E-state index is 0.468. The lowest BCUT2D eigenvalue weighted by molar-refractivity contribution is 0.651. The molecule has 0 amide bonds. The predicted molar refractivity (Wildman–Crippen MR) is 39.5 cm³/mol. The Bertz CT molecular complexity index is 121. The molecule has 1 rings (SSSR count). The number of nitrogens with two attached hydrogens (primary N) is 1. The maximum absolute atomic E-state index is 5.41. The maximum Gasteiger partial charge on any atom is 0.0909 e. The van der Waals surface area contributed by atoms with Gasteiger partial charge in [0.2, 0.25) is 0 Å². The minimum Gasteiger partial charge on any atom is -0.388 e. The molecule has 0 aromatic carbocycles. The number of nitrogens with zero attached hydrogens (tertiary/aromatic N) is 1. The third-order valence-electron chi connectivity index (χ3n) is 1.71. The smallest absolute Gasteiger partial charge is 0.0909 e. The molecule has 1 atom stereocenters. The van der Waals surface area contributed by atoms with E-state index in [4.69, 9.17) is 5.73 Å². The van der Waals surface area contributed by atoms with E-state index >= 15 is 0 Å². The van der Waals surface area contributed by atoms with Gasteiger partial charge in [-0.25, -0.2) is 0 Å². The Morgan fingerprint density at radius 1 is 1.67 bits per heavy atom. The Hall–Kier alpha value is -0.530. The summed E-state index contributed by atoms with van der Waals surface area (Å²) >= 11 is 0. The number of rotatable bonds is 2. The van der Waals surface area contributed by atoms with Crippen molar-refractivity contribution < 1.29 is 0 Å². The standard InChI is InChI=1S/C7H14N2/c1-5(7-3-4-7)9-6(2)8/h5,7H,3-4H2,1-2H3,(H2,8,9). The van der Waals surface area contributed by atoms with Gasteiger partial charge >= 0.3 is 0 Å². The fraction of sp³-hybridized carbons (Fsp3) is 0.857. The van der Waals surface area contributed by atoms with Crippen molar-refractivity contribution in [2.75, 3.05) is 0 Å². The van der Waals surface area contributed by atoms with Crippen LogP contribution >= 0.6 is 0 Å². The van der Waals surface area contributed by atoms with Crippen LogP contribution < -0.4 is 5.73 Å². The molecule has 0 saturated heterocycles. The molecule has 2 N–H and O–H groups in total. The van der Waals surface area contributed by atoms with Crippen LogP contribution in [0.1, 0.15) is 26.7 Å². The molecule has 2 nitrogen and oxygen atoms in total. The highest BCUT2D eigenvalue weighted by molar-refractivity contribution is 5.77. The molecule has 52 valence electrons. The summed E-state index contributed by atoms with van der Waals surface area (Å²) in [5.74, 6) is 1.55. The lowest BCUT2D eigenvalue weighted by Gasteiger charge is -2.01. The Morgan fingerprint density at radius 2 is 2.22 bits per heavy atom. The number of hydrogen-bond donors (Lipinski definition) is 1. The van der Waals surface area contributed by atoms with Crippen LogP contribution in [0.3, 0.4) is 0 Å². The Balaban J connectivity index is 2.33. The van der Waals surface area contributed by atoms with Gasteiger partial charge in [0.05, 0.1) is 11.9 Å². The van der Waals surface area contributed by atoms with Gasteiger partial charge in [0, 0.05) is 0 Å². The Morgan fingerprint density at radius 3 is 2.56 bits per heavy atom. The summed E-state index contributed by atoms with van der Waals surface area (Å²) in [6.45, 7) is 3.98. The SMILES string of the molecule is CC(N)=NC(C)C1CC1. The average Bonchev–Trinajstić information content (AvgIpc) is 2.40. The van der Waals surface area contributed by atoms with Crippen LogP contribution in [0.4, 0.5) is 0 Å². The van der Waals surface area contributed by atoms with Gasteiger partial charge in [0.1, 0.15) is 0 Å². The monoisotopic (exact) mass is 126 g/mol. The molecular formula is C7H14N2. The molecule has 0 radical (unpaired) electrons. The number of hydrogen-bond acceptors (Lipinski definition) is 1. The highest BCUT2D eigenvalue weighted by atomic mass is 14.9. The first-order valence-electron chi connectivity index (χ1n) is 3.50. The lowest BCUT2D eigenvalue weighted by atomic mass is 10.2. The van der Waals surface area contributed by atoms with E-state index in [0.29, 0.717) is 6.04 Å². The van der Waals surface area contributed by atoms with Crippen LogP contribution in [-0.4, -0.2) is 11.9 Å². The molecule has 1 aliphatic rings. The van der Waals surface area contributed by atoms with E-state index in [1.54, 1.807) is 0 Å². The van der Waals surface area contributed by atoms with E-state index in [-0.39, 0.29) is 0 Å². The molecule has 1 aliphatic carbocycles. The average molecular weight is 126 g/mol. The quantitative estimate of drug-likeness (QED) is 0.437. The zero-order valence-electron chi connectivity index (χ0n) is 6.09. The van der Waals surface area contributed by atoms with E-state index in [9.17, 15) is 0 Å². The van der Waals surface area contributed by atoms with Crippen molar-refractivity contribution in [2.45, 2.75) is 32.7 Å². The highest BCUT2D eigenvalue weighted by Crippen LogP contribution is 2.33. The van der Waals surface area contributed by atoms with Crippen molar-refractivity contribution in [1.82, 2.24) is 0 Å². The summed E-state index contributed by atoms with van der Waals surface area (Å²) in [5.41, 5.74) is 5.41. The Labute approximate surface area is 56.2 Å². The zero-order valence-corrected chi connectivity index (χ0v) is 6.09. The summed E-state index contributed by atoms with van der Waals surface area (Å²) in [4.78, 5) is 4.23. The summed E-state index contributed by atoms with van der Waals surface area (Å²) in [5, 5.41) is 0. The van der Waals surface area contributed by atoms with Gasteiger partial charge in [-0.1, -0.05) is 0 Å². The van der Waals surface area contributed by atoms with Gasteiger partial charge in [-0.05, 0) is 32.6 Å². The molecule has 2 heteroatoms. The van der Waals surface area contributed by atoms with Crippen LogP contribution in [0.25, 0.3) is 0 Å². The molecule has 9 heavy (non-hydrogen) atoms. The second kappa shape index (κ2) is 2.38. The van der Waals surface area contributed by atoms with E-state index in [1.165, 1.54) is 12.8 Å². The van der Waals surface area contributed by atoms with Crippen molar-refractivity contribution in [3.63, 3.8) is 0 Å². The molecule has 0 bridgehead atoms. The van der Waals surface area contributed by atoms with Crippen LogP contribution in [0, 0.1) is 5.92 Å². The first-order valence-corrected chi connectivity index (χ1v) is 3.50. The van der Waals surface area contributed by atoms with Crippen molar-refractivity contribution in [2.24, 2.45) is 16.6 Å². The maximum atomic E-state index is 5.41. The molecule has 0 aromatic rings. The minimum atomic E-state index is 0.468. The van der Waals surface area contributed by atoms with Gasteiger partial charge in [0.25, 0.3) is 0 Å². The van der Waals surface area contributed by atoms with E-state index in [0.717, 1.165) is 11.8 Å². The topological polar surface area (TPSA) is 38.4 Å². The molecular weight excluding hydrogens is 112 g/mol. The van der Waals surface area contributed by atoms with Crippen LogP contribution in [0.15, 0.2) is 4.99 Å². The Kier molecular flexibility index (Phi) is 1.74. The van der Waals surface area contributed by atoms with E-state index in [1.807, 2.05) is 6.92 Å². The summed E-state index contributed by atoms with van der Waals surface area (Å²) < 4.78 is 0. The van der Waals surface area contributed by atoms with Gasteiger partial charge in [-0.3, -0.25) is 4.99 Å². The molecule has 1 unspecified atom stereocenters. The van der Waals surface area contributed by atoms with Crippen molar-refractivity contribution in [3.8, 4) is 0 Å². The normalized spacial score (nSPS) is 24.0. The predicted octanol–water partition coefficient (Wildman–Crippen LogP) is 1.16. The van der Waals surface area contributed by atoms with Crippen molar-refractivity contribution in [3.05, 3.63) is 0 Å². The molecule has 1 fully saturated rings. The molecule has 0 aliphatic heterocycles. The van der Waals surface area contributed by atoms with Gasteiger partial charge in [0.15, 0.2) is 0 Å². The third-order valence-corrected chi connectivity index (χ3v) is 1.71. The second-order valence-electron chi connectivity index (χ2n) is 2.85. The van der Waals surface area contributed by atoms with E-state index in [2.05, 4.69) is 11.9 Å². The fourth-order valence-corrected chi connectivity index (χ4v) is 1.01. The first kappa shape index (κ1) is 6.59. The number of amidine groups is 1. The van der Waals surface area contributed by atoms with Gasteiger partial charge in [-0.15, -0.1) is 0 Å². The molecule has 0 spiro atoms. The summed E-state index contributed by atoms with van der Waals surface area (Å²) in [6, 6.07) is 0.468. The summed E-state index contributed by atoms with van der Waals surface area (Å²) in [7, 11) is 0. The second-order valence-corrected chi connectivity index (χ2v) is 2.85. The first-order chi connectivity index (χ1) is 4.20. The van der Waals surface area contributed by atoms with Crippen molar-refractivity contribution >= 4 is 5.84 Å². The molecule has 1 saturated carbocycles. The largest absolute Gasteiger partial charge is 0.388 e. The zero-order chi connectivity index (χ0) is 6.85. The number of aliphatic imine (C=N–C) groups is 1. The fourth-order valence-electron chi connectivity index (χ4n) is 1.01. The van der Waals surface area contributed by atoms with Crippen LogP contribution in [-0.2, 0) is 0 Å². The van der Waals surface area contributed by atoms with Gasteiger partial charge < -0.3 is 5.73 Å².